The molecule has 0 aromatic heterocycles. The van der Waals surface area contributed by atoms with Crippen molar-refractivity contribution in [2.45, 2.75) is 25.4 Å². The van der Waals surface area contributed by atoms with E-state index in [0.717, 1.165) is 0 Å². The number of rotatable bonds is 3. The zero-order valence-corrected chi connectivity index (χ0v) is 12.6. The van der Waals surface area contributed by atoms with Crippen molar-refractivity contribution in [2.75, 3.05) is 11.5 Å². The van der Waals surface area contributed by atoms with Crippen LogP contribution in [0.15, 0.2) is 12.1 Å². The summed E-state index contributed by atoms with van der Waals surface area (Å²) < 4.78 is 36.2. The van der Waals surface area contributed by atoms with Crippen molar-refractivity contribution in [3.8, 4) is 0 Å². The molecule has 1 aromatic carbocycles. The van der Waals surface area contributed by atoms with Gasteiger partial charge in [-0.2, -0.15) is 0 Å². The summed E-state index contributed by atoms with van der Waals surface area (Å²) in [6.45, 7) is 1.79. The number of hydrogen-bond acceptors (Lipinski definition) is 3. The number of nitrogens with one attached hydrogen (secondary N) is 1. The Morgan fingerprint density at radius 2 is 2.11 bits per heavy atom. The van der Waals surface area contributed by atoms with Gasteiger partial charge in [0.2, 0.25) is 0 Å². The molecule has 0 aliphatic carbocycles. The molecule has 3 nitrogen and oxygen atoms in total. The molecule has 1 N–H and O–H groups in total. The van der Waals surface area contributed by atoms with Crippen LogP contribution in [0.3, 0.4) is 0 Å². The highest BCUT2D eigenvalue weighted by Gasteiger charge is 2.29. The molecule has 19 heavy (non-hydrogen) atoms. The first kappa shape index (κ1) is 15.0. The van der Waals surface area contributed by atoms with Crippen LogP contribution in [0.5, 0.6) is 0 Å². The van der Waals surface area contributed by atoms with Gasteiger partial charge in [0.05, 0.1) is 16.5 Å². The second-order valence-corrected chi connectivity index (χ2v) is 7.76. The van der Waals surface area contributed by atoms with Crippen LogP contribution in [0.25, 0.3) is 0 Å². The Morgan fingerprint density at radius 1 is 1.42 bits per heavy atom. The van der Waals surface area contributed by atoms with Gasteiger partial charge in [0.15, 0.2) is 9.84 Å². The number of benzene rings is 1. The van der Waals surface area contributed by atoms with Gasteiger partial charge in [0, 0.05) is 22.7 Å². The smallest absolute Gasteiger partial charge is 0.151 e. The summed E-state index contributed by atoms with van der Waals surface area (Å²) in [5, 5.41) is 3.49. The van der Waals surface area contributed by atoms with E-state index in [0.29, 0.717) is 17.0 Å². The summed E-state index contributed by atoms with van der Waals surface area (Å²) in [4.78, 5) is 0. The fraction of sp³-hybridized carbons (Fsp3) is 0.500. The standard InChI is InChI=1S/C12H14Cl2FNO2S/c1-7(16-8-4-5-19(17,18)6-8)11-9(13)2-3-10(15)12(11)14/h2-3,7-8,16H,4-6H2,1H3. The average Bonchev–Trinajstić information content (AvgIpc) is 2.64. The maximum absolute atomic E-state index is 13.4. The number of hydrogen-bond donors (Lipinski definition) is 1. The SMILES string of the molecule is CC(NC1CCS(=O)(=O)C1)c1c(Cl)ccc(F)c1Cl. The van der Waals surface area contributed by atoms with E-state index in [-0.39, 0.29) is 28.6 Å². The highest BCUT2D eigenvalue weighted by Crippen LogP contribution is 2.33. The topological polar surface area (TPSA) is 46.2 Å². The fourth-order valence-electron chi connectivity index (χ4n) is 2.30. The summed E-state index contributed by atoms with van der Waals surface area (Å²) >= 11 is 11.9. The molecule has 1 fully saturated rings. The van der Waals surface area contributed by atoms with Crippen LogP contribution >= 0.6 is 23.2 Å². The quantitative estimate of drug-likeness (QED) is 0.869. The lowest BCUT2D eigenvalue weighted by Gasteiger charge is -2.21. The third kappa shape index (κ3) is 3.40. The van der Waals surface area contributed by atoms with Crippen LogP contribution in [-0.4, -0.2) is 26.0 Å². The van der Waals surface area contributed by atoms with Gasteiger partial charge in [-0.15, -0.1) is 0 Å². The van der Waals surface area contributed by atoms with Crippen LogP contribution in [0.2, 0.25) is 10.0 Å². The van der Waals surface area contributed by atoms with Crippen molar-refractivity contribution in [1.29, 1.82) is 0 Å². The van der Waals surface area contributed by atoms with Gasteiger partial charge in [-0.25, -0.2) is 12.8 Å². The zero-order chi connectivity index (χ0) is 14.2. The van der Waals surface area contributed by atoms with E-state index >= 15 is 0 Å². The van der Waals surface area contributed by atoms with Crippen molar-refractivity contribution >= 4 is 33.0 Å². The molecule has 106 valence electrons. The van der Waals surface area contributed by atoms with E-state index < -0.39 is 15.7 Å². The maximum atomic E-state index is 13.4. The molecular weight excluding hydrogens is 312 g/mol. The molecule has 0 saturated carbocycles. The van der Waals surface area contributed by atoms with Crippen molar-refractivity contribution < 1.29 is 12.8 Å². The van der Waals surface area contributed by atoms with Crippen molar-refractivity contribution in [2.24, 2.45) is 0 Å². The minimum Gasteiger partial charge on any atom is -0.306 e. The Morgan fingerprint density at radius 3 is 2.68 bits per heavy atom. The first-order chi connectivity index (χ1) is 8.80. The van der Waals surface area contributed by atoms with Crippen molar-refractivity contribution in [3.63, 3.8) is 0 Å². The van der Waals surface area contributed by atoms with Crippen LogP contribution in [0.1, 0.15) is 24.9 Å². The fourth-order valence-corrected chi connectivity index (χ4v) is 4.69. The maximum Gasteiger partial charge on any atom is 0.151 e. The molecule has 0 radical (unpaired) electrons. The molecule has 0 spiro atoms. The molecule has 2 atom stereocenters. The van der Waals surface area contributed by atoms with Crippen LogP contribution in [0, 0.1) is 5.82 Å². The van der Waals surface area contributed by atoms with Crippen LogP contribution in [0.4, 0.5) is 4.39 Å². The monoisotopic (exact) mass is 325 g/mol. The highest BCUT2D eigenvalue weighted by molar-refractivity contribution is 7.91. The second-order valence-electron chi connectivity index (χ2n) is 4.75. The van der Waals surface area contributed by atoms with Crippen LogP contribution < -0.4 is 5.32 Å². The minimum atomic E-state index is -2.95. The van der Waals surface area contributed by atoms with E-state index in [1.165, 1.54) is 12.1 Å². The van der Waals surface area contributed by atoms with E-state index in [9.17, 15) is 12.8 Å². The second kappa shape index (κ2) is 5.56. The van der Waals surface area contributed by atoms with Crippen molar-refractivity contribution in [3.05, 3.63) is 33.6 Å². The first-order valence-electron chi connectivity index (χ1n) is 5.90. The Bertz CT molecular complexity index is 592. The van der Waals surface area contributed by atoms with Gasteiger partial charge in [-0.3, -0.25) is 0 Å². The highest BCUT2D eigenvalue weighted by atomic mass is 35.5. The average molecular weight is 326 g/mol. The predicted octanol–water partition coefficient (Wildman–Crippen LogP) is 2.97. The first-order valence-corrected chi connectivity index (χ1v) is 8.48. The number of halogens is 3. The van der Waals surface area contributed by atoms with E-state index in [1.54, 1.807) is 6.92 Å². The summed E-state index contributed by atoms with van der Waals surface area (Å²) in [5.74, 6) is -0.252. The van der Waals surface area contributed by atoms with Gasteiger partial charge in [0.1, 0.15) is 5.82 Å². The summed E-state index contributed by atoms with van der Waals surface area (Å²) in [6, 6.07) is 2.20. The Labute approximate surface area is 122 Å². The largest absolute Gasteiger partial charge is 0.306 e. The van der Waals surface area contributed by atoms with Crippen LogP contribution in [-0.2, 0) is 9.84 Å². The normalized spacial score (nSPS) is 23.5. The molecule has 1 saturated heterocycles. The summed E-state index contributed by atoms with van der Waals surface area (Å²) in [6.07, 6.45) is 0.553. The number of sulfone groups is 1. The molecule has 0 bridgehead atoms. The lowest BCUT2D eigenvalue weighted by atomic mass is 10.1. The van der Waals surface area contributed by atoms with Gasteiger partial charge in [-0.05, 0) is 25.5 Å². The molecule has 1 aliphatic heterocycles. The predicted molar refractivity (Wildman–Crippen MR) is 75.0 cm³/mol. The molecule has 2 unspecified atom stereocenters. The third-order valence-corrected chi connectivity index (χ3v) is 5.71. The van der Waals surface area contributed by atoms with Gasteiger partial charge in [-0.1, -0.05) is 23.2 Å². The van der Waals surface area contributed by atoms with Crippen molar-refractivity contribution in [1.82, 2.24) is 5.32 Å². The molecule has 0 amide bonds. The Kier molecular flexibility index (Phi) is 4.40. The van der Waals surface area contributed by atoms with Gasteiger partial charge < -0.3 is 5.32 Å². The summed E-state index contributed by atoms with van der Waals surface area (Å²) in [7, 11) is -2.95. The molecule has 2 rings (SSSR count). The molecular formula is C12H14Cl2FNO2S. The zero-order valence-electron chi connectivity index (χ0n) is 10.3. The molecule has 1 aromatic rings. The Hall–Kier alpha value is -0.360. The molecule has 1 aliphatic rings. The van der Waals surface area contributed by atoms with E-state index in [4.69, 9.17) is 23.2 Å². The molecule has 1 heterocycles. The minimum absolute atomic E-state index is 0.0200. The van der Waals surface area contributed by atoms with E-state index in [2.05, 4.69) is 5.32 Å². The summed E-state index contributed by atoms with van der Waals surface area (Å²) in [5.41, 5.74) is 0.465. The van der Waals surface area contributed by atoms with E-state index in [1.807, 2.05) is 0 Å². The third-order valence-electron chi connectivity index (χ3n) is 3.23. The van der Waals surface area contributed by atoms with Gasteiger partial charge in [0.25, 0.3) is 0 Å². The van der Waals surface area contributed by atoms with Gasteiger partial charge >= 0.3 is 0 Å². The lowest BCUT2D eigenvalue weighted by molar-refractivity contribution is 0.483. The Balaban J connectivity index is 2.17. The lowest BCUT2D eigenvalue weighted by Crippen LogP contribution is -2.32. The molecule has 7 heteroatoms.